The highest BCUT2D eigenvalue weighted by molar-refractivity contribution is 6.32. The maximum Gasteiger partial charge on any atom is 0.288 e. The fraction of sp³-hybridized carbons (Fsp3) is 0.200. The molecule has 5 heteroatoms. The molecule has 0 radical (unpaired) electrons. The number of nitro groups is 1. The Labute approximate surface area is 122 Å². The zero-order valence-electron chi connectivity index (χ0n) is 11.3. The van der Waals surface area contributed by atoms with Gasteiger partial charge in [-0.05, 0) is 48.7 Å². The minimum atomic E-state index is -0.470. The third-order valence-electron chi connectivity index (χ3n) is 2.93. The summed E-state index contributed by atoms with van der Waals surface area (Å²) < 4.78 is 0. The number of hydrogen-bond donors (Lipinski definition) is 1. The summed E-state index contributed by atoms with van der Waals surface area (Å²) >= 11 is 5.79. The first-order valence-corrected chi connectivity index (χ1v) is 6.58. The van der Waals surface area contributed by atoms with Gasteiger partial charge in [-0.15, -0.1) is 0 Å². The second-order valence-electron chi connectivity index (χ2n) is 4.77. The zero-order valence-corrected chi connectivity index (χ0v) is 12.1. The number of nitrogens with one attached hydrogen (secondary N) is 1. The van der Waals surface area contributed by atoms with Crippen LogP contribution in [0.5, 0.6) is 0 Å². The first-order valence-electron chi connectivity index (χ1n) is 6.20. The van der Waals surface area contributed by atoms with E-state index in [-0.39, 0.29) is 10.7 Å². The van der Waals surface area contributed by atoms with Crippen LogP contribution in [-0.2, 0) is 6.54 Å². The van der Waals surface area contributed by atoms with Gasteiger partial charge in [-0.1, -0.05) is 23.7 Å². The molecule has 0 spiro atoms. The predicted molar refractivity (Wildman–Crippen MR) is 81.3 cm³/mol. The lowest BCUT2D eigenvalue weighted by Gasteiger charge is -2.09. The topological polar surface area (TPSA) is 55.2 Å². The summed E-state index contributed by atoms with van der Waals surface area (Å²) in [5.74, 6) is 0. The highest BCUT2D eigenvalue weighted by Gasteiger charge is 2.12. The number of halogens is 1. The number of nitrogens with zero attached hydrogens (tertiary/aromatic N) is 1. The van der Waals surface area contributed by atoms with Crippen molar-refractivity contribution >= 4 is 23.0 Å². The quantitative estimate of drug-likeness (QED) is 0.667. The molecular formula is C15H15ClN2O2. The van der Waals surface area contributed by atoms with Crippen molar-refractivity contribution in [2.24, 2.45) is 0 Å². The van der Waals surface area contributed by atoms with Gasteiger partial charge in [0.05, 0.1) is 4.92 Å². The van der Waals surface area contributed by atoms with Crippen molar-refractivity contribution in [3.8, 4) is 0 Å². The SMILES string of the molecule is Cc1cc(C)cc(NCc2ccc(Cl)c([N+](=O)[O-])c2)c1. The van der Waals surface area contributed by atoms with Crippen molar-refractivity contribution in [1.29, 1.82) is 0 Å². The molecule has 0 aromatic heterocycles. The molecule has 0 heterocycles. The molecule has 2 aromatic rings. The van der Waals surface area contributed by atoms with Crippen LogP contribution in [0.2, 0.25) is 5.02 Å². The van der Waals surface area contributed by atoms with E-state index in [0.717, 1.165) is 11.3 Å². The molecule has 0 atom stereocenters. The Balaban J connectivity index is 2.14. The van der Waals surface area contributed by atoms with Crippen molar-refractivity contribution in [2.75, 3.05) is 5.32 Å². The fourth-order valence-electron chi connectivity index (χ4n) is 2.09. The van der Waals surface area contributed by atoms with Crippen molar-refractivity contribution in [3.63, 3.8) is 0 Å². The van der Waals surface area contributed by atoms with Crippen LogP contribution in [0.15, 0.2) is 36.4 Å². The molecule has 0 fully saturated rings. The van der Waals surface area contributed by atoms with Crippen molar-refractivity contribution in [3.05, 3.63) is 68.2 Å². The number of aryl methyl sites for hydroxylation is 2. The normalized spacial score (nSPS) is 10.3. The van der Waals surface area contributed by atoms with Crippen LogP contribution in [0, 0.1) is 24.0 Å². The molecule has 104 valence electrons. The number of benzene rings is 2. The summed E-state index contributed by atoms with van der Waals surface area (Å²) in [7, 11) is 0. The summed E-state index contributed by atoms with van der Waals surface area (Å²) in [6.07, 6.45) is 0. The van der Waals surface area contributed by atoms with Gasteiger partial charge < -0.3 is 5.32 Å². The van der Waals surface area contributed by atoms with Gasteiger partial charge >= 0.3 is 0 Å². The smallest absolute Gasteiger partial charge is 0.288 e. The minimum Gasteiger partial charge on any atom is -0.381 e. The largest absolute Gasteiger partial charge is 0.381 e. The van der Waals surface area contributed by atoms with Gasteiger partial charge in [-0.25, -0.2) is 0 Å². The molecule has 1 N–H and O–H groups in total. The Kier molecular flexibility index (Phi) is 4.25. The maximum atomic E-state index is 10.8. The molecule has 0 aliphatic rings. The Hall–Kier alpha value is -2.07. The number of nitro benzene ring substituents is 1. The fourth-order valence-corrected chi connectivity index (χ4v) is 2.28. The van der Waals surface area contributed by atoms with Gasteiger partial charge in [0.25, 0.3) is 5.69 Å². The molecule has 0 aliphatic heterocycles. The predicted octanol–water partition coefficient (Wildman–Crippen LogP) is 4.48. The molecule has 0 amide bonds. The van der Waals surface area contributed by atoms with Crippen LogP contribution in [0.3, 0.4) is 0 Å². The summed E-state index contributed by atoms with van der Waals surface area (Å²) in [4.78, 5) is 10.4. The lowest BCUT2D eigenvalue weighted by atomic mass is 10.1. The highest BCUT2D eigenvalue weighted by Crippen LogP contribution is 2.25. The summed E-state index contributed by atoms with van der Waals surface area (Å²) in [5.41, 5.74) is 4.11. The van der Waals surface area contributed by atoms with Gasteiger partial charge in [-0.3, -0.25) is 10.1 Å². The lowest BCUT2D eigenvalue weighted by Crippen LogP contribution is -2.01. The van der Waals surface area contributed by atoms with Crippen LogP contribution in [0.1, 0.15) is 16.7 Å². The van der Waals surface area contributed by atoms with Gasteiger partial charge in [0.1, 0.15) is 5.02 Å². The molecule has 4 nitrogen and oxygen atoms in total. The highest BCUT2D eigenvalue weighted by atomic mass is 35.5. The van der Waals surface area contributed by atoms with E-state index >= 15 is 0 Å². The van der Waals surface area contributed by atoms with Gasteiger partial charge in [-0.2, -0.15) is 0 Å². The summed E-state index contributed by atoms with van der Waals surface area (Å²) in [6.45, 7) is 4.58. The van der Waals surface area contributed by atoms with Gasteiger partial charge in [0.15, 0.2) is 0 Å². The zero-order chi connectivity index (χ0) is 14.7. The van der Waals surface area contributed by atoms with Crippen LogP contribution in [-0.4, -0.2) is 4.92 Å². The van der Waals surface area contributed by atoms with E-state index < -0.39 is 4.92 Å². The second-order valence-corrected chi connectivity index (χ2v) is 5.18. The van der Waals surface area contributed by atoms with Gasteiger partial charge in [0.2, 0.25) is 0 Å². The van der Waals surface area contributed by atoms with Crippen molar-refractivity contribution < 1.29 is 4.92 Å². The van der Waals surface area contributed by atoms with E-state index in [4.69, 9.17) is 11.6 Å². The van der Waals surface area contributed by atoms with Gasteiger partial charge in [0, 0.05) is 18.3 Å². The minimum absolute atomic E-state index is 0.0635. The van der Waals surface area contributed by atoms with E-state index in [1.54, 1.807) is 12.1 Å². The average Bonchev–Trinajstić information content (AvgIpc) is 2.36. The molecule has 0 aliphatic carbocycles. The summed E-state index contributed by atoms with van der Waals surface area (Å²) in [6, 6.07) is 11.0. The van der Waals surface area contributed by atoms with E-state index in [1.165, 1.54) is 17.2 Å². The average molecular weight is 291 g/mol. The number of hydrogen-bond acceptors (Lipinski definition) is 3. The third kappa shape index (κ3) is 3.48. The molecule has 0 saturated carbocycles. The van der Waals surface area contributed by atoms with E-state index in [1.807, 2.05) is 26.0 Å². The molecular weight excluding hydrogens is 276 g/mol. The van der Waals surface area contributed by atoms with E-state index in [9.17, 15) is 10.1 Å². The molecule has 2 rings (SSSR count). The second kappa shape index (κ2) is 5.92. The third-order valence-corrected chi connectivity index (χ3v) is 3.25. The molecule has 0 bridgehead atoms. The molecule has 20 heavy (non-hydrogen) atoms. The molecule has 2 aromatic carbocycles. The van der Waals surface area contributed by atoms with E-state index in [0.29, 0.717) is 6.54 Å². The van der Waals surface area contributed by atoms with Crippen LogP contribution in [0.25, 0.3) is 0 Å². The first kappa shape index (κ1) is 14.3. The Morgan fingerprint density at radius 3 is 2.40 bits per heavy atom. The van der Waals surface area contributed by atoms with Crippen LogP contribution in [0.4, 0.5) is 11.4 Å². The van der Waals surface area contributed by atoms with Crippen molar-refractivity contribution in [2.45, 2.75) is 20.4 Å². The maximum absolute atomic E-state index is 10.8. The van der Waals surface area contributed by atoms with Crippen LogP contribution >= 0.6 is 11.6 Å². The Morgan fingerprint density at radius 2 is 1.80 bits per heavy atom. The first-order chi connectivity index (χ1) is 9.45. The summed E-state index contributed by atoms with van der Waals surface area (Å²) in [5, 5.41) is 14.3. The Morgan fingerprint density at radius 1 is 1.15 bits per heavy atom. The van der Waals surface area contributed by atoms with Crippen LogP contribution < -0.4 is 5.32 Å². The lowest BCUT2D eigenvalue weighted by molar-refractivity contribution is -0.384. The van der Waals surface area contributed by atoms with Crippen molar-refractivity contribution in [1.82, 2.24) is 0 Å². The molecule has 0 unspecified atom stereocenters. The standard InChI is InChI=1S/C15H15ClN2O2/c1-10-5-11(2)7-13(6-10)17-9-12-3-4-14(16)15(8-12)18(19)20/h3-8,17H,9H2,1-2H3. The molecule has 0 saturated heterocycles. The van der Waals surface area contributed by atoms with E-state index in [2.05, 4.69) is 11.4 Å². The number of rotatable bonds is 4. The Bertz CT molecular complexity index is 636. The number of anilines is 1. The monoisotopic (exact) mass is 290 g/mol.